The van der Waals surface area contributed by atoms with E-state index in [0.717, 1.165) is 12.3 Å². The van der Waals surface area contributed by atoms with Crippen LogP contribution in [0.2, 0.25) is 0 Å². The zero-order chi connectivity index (χ0) is 11.7. The smallest absolute Gasteiger partial charge is 0.404 e. The Morgan fingerprint density at radius 2 is 2.00 bits per heavy atom. The van der Waals surface area contributed by atoms with Crippen LogP contribution < -0.4 is 5.73 Å². The first kappa shape index (κ1) is 11.1. The van der Waals surface area contributed by atoms with Crippen LogP contribution in [-0.4, -0.2) is 24.8 Å². The largest absolute Gasteiger partial charge is 0.475 e. The molecule has 0 amide bonds. The van der Waals surface area contributed by atoms with Crippen molar-refractivity contribution >= 4 is 7.12 Å². The van der Waals surface area contributed by atoms with Gasteiger partial charge in [-0.15, -0.1) is 0 Å². The van der Waals surface area contributed by atoms with Crippen molar-refractivity contribution in [3.63, 3.8) is 0 Å². The van der Waals surface area contributed by atoms with E-state index in [-0.39, 0.29) is 24.8 Å². The van der Waals surface area contributed by atoms with Gasteiger partial charge < -0.3 is 15.0 Å². The van der Waals surface area contributed by atoms with Crippen LogP contribution in [0.3, 0.4) is 0 Å². The van der Waals surface area contributed by atoms with Crippen molar-refractivity contribution in [3.8, 4) is 0 Å². The van der Waals surface area contributed by atoms with E-state index in [0.29, 0.717) is 11.3 Å². The second-order valence-electron chi connectivity index (χ2n) is 6.70. The van der Waals surface area contributed by atoms with Crippen molar-refractivity contribution in [1.29, 1.82) is 0 Å². The lowest BCUT2D eigenvalue weighted by molar-refractivity contribution is -0.199. The van der Waals surface area contributed by atoms with Crippen molar-refractivity contribution < 1.29 is 9.31 Å². The van der Waals surface area contributed by atoms with Crippen LogP contribution in [0, 0.1) is 17.3 Å². The average Bonchev–Trinajstić information content (AvgIpc) is 2.54. The van der Waals surface area contributed by atoms with E-state index < -0.39 is 0 Å². The van der Waals surface area contributed by atoms with Gasteiger partial charge in [0.25, 0.3) is 0 Å². The molecule has 4 fully saturated rings. The molecule has 0 radical (unpaired) electrons. The van der Waals surface area contributed by atoms with Crippen LogP contribution in [-0.2, 0) is 9.31 Å². The lowest BCUT2D eigenvalue weighted by Gasteiger charge is -2.64. The highest BCUT2D eigenvalue weighted by Gasteiger charge is 2.68. The summed E-state index contributed by atoms with van der Waals surface area (Å²) >= 11 is 0. The molecule has 3 nitrogen and oxygen atoms in total. The van der Waals surface area contributed by atoms with E-state index in [1.807, 2.05) is 6.92 Å². The van der Waals surface area contributed by atoms with Gasteiger partial charge in [0.15, 0.2) is 0 Å². The highest BCUT2D eigenvalue weighted by molar-refractivity contribution is 6.47. The normalized spacial score (nSPS) is 50.8. The summed E-state index contributed by atoms with van der Waals surface area (Å²) in [5, 5.41) is 0. The van der Waals surface area contributed by atoms with E-state index >= 15 is 0 Å². The minimum absolute atomic E-state index is 0.0391. The van der Waals surface area contributed by atoms with Crippen LogP contribution in [0.15, 0.2) is 0 Å². The van der Waals surface area contributed by atoms with E-state index in [2.05, 4.69) is 20.8 Å². The Morgan fingerprint density at radius 3 is 2.56 bits per heavy atom. The van der Waals surface area contributed by atoms with Gasteiger partial charge in [0.2, 0.25) is 0 Å². The first-order chi connectivity index (χ1) is 7.35. The molecule has 0 aromatic rings. The molecule has 2 N–H and O–H groups in total. The minimum atomic E-state index is -0.204. The van der Waals surface area contributed by atoms with Gasteiger partial charge >= 0.3 is 7.12 Å². The summed E-state index contributed by atoms with van der Waals surface area (Å²) in [6.45, 7) is 8.93. The van der Waals surface area contributed by atoms with E-state index in [1.54, 1.807) is 0 Å². The van der Waals surface area contributed by atoms with Gasteiger partial charge in [0, 0.05) is 5.94 Å². The van der Waals surface area contributed by atoms with E-state index in [1.165, 1.54) is 6.42 Å². The van der Waals surface area contributed by atoms with Crippen molar-refractivity contribution in [2.75, 3.05) is 0 Å². The van der Waals surface area contributed by atoms with Gasteiger partial charge in [-0.2, -0.15) is 0 Å². The molecule has 0 spiro atoms. The molecule has 3 saturated carbocycles. The Morgan fingerprint density at radius 1 is 1.31 bits per heavy atom. The molecule has 0 aromatic heterocycles. The second kappa shape index (κ2) is 3.03. The Balaban J connectivity index is 1.87. The highest BCUT2D eigenvalue weighted by atomic mass is 16.7. The predicted molar refractivity (Wildman–Crippen MR) is 63.8 cm³/mol. The summed E-state index contributed by atoms with van der Waals surface area (Å²) in [6.07, 6.45) is 2.71. The standard InChI is InChI=1S/C12H22BNO2/c1-7(14)13-15-10-6-8-5-9(11(8,2)3)12(10,4)16-13/h7-10H,5-6,14H2,1-4H3/t7-,8+,9-,10+,12-/m0/s1. The van der Waals surface area contributed by atoms with Crippen molar-refractivity contribution in [3.05, 3.63) is 0 Å². The number of nitrogens with two attached hydrogens (primary N) is 1. The second-order valence-corrected chi connectivity index (χ2v) is 6.70. The third kappa shape index (κ3) is 1.16. The van der Waals surface area contributed by atoms with Gasteiger partial charge in [-0.3, -0.25) is 0 Å². The maximum absolute atomic E-state index is 6.15. The Kier molecular flexibility index (Phi) is 2.10. The maximum atomic E-state index is 6.15. The molecule has 1 saturated heterocycles. The van der Waals surface area contributed by atoms with Crippen LogP contribution >= 0.6 is 0 Å². The molecule has 0 aromatic carbocycles. The molecule has 4 aliphatic rings. The summed E-state index contributed by atoms with van der Waals surface area (Å²) < 4.78 is 12.1. The molecule has 0 unspecified atom stereocenters. The fourth-order valence-electron chi connectivity index (χ4n) is 4.13. The van der Waals surface area contributed by atoms with Crippen LogP contribution in [0.4, 0.5) is 0 Å². The molecule has 1 aliphatic heterocycles. The lowest BCUT2D eigenvalue weighted by Crippen LogP contribution is -2.65. The molecule has 16 heavy (non-hydrogen) atoms. The molecule has 1 heterocycles. The first-order valence-corrected chi connectivity index (χ1v) is 6.44. The van der Waals surface area contributed by atoms with Crippen LogP contribution in [0.1, 0.15) is 40.5 Å². The third-order valence-corrected chi connectivity index (χ3v) is 5.40. The van der Waals surface area contributed by atoms with Gasteiger partial charge in [-0.05, 0) is 37.0 Å². The third-order valence-electron chi connectivity index (χ3n) is 5.40. The van der Waals surface area contributed by atoms with Crippen molar-refractivity contribution in [2.45, 2.75) is 58.2 Å². The topological polar surface area (TPSA) is 44.5 Å². The SMILES string of the molecule is C[C@H](N)B1O[C@@H]2C[C@H]3C[C@@H](C3(C)C)[C@]2(C)O1. The molecular weight excluding hydrogens is 201 g/mol. The van der Waals surface area contributed by atoms with Crippen molar-refractivity contribution in [2.24, 2.45) is 23.0 Å². The fourth-order valence-corrected chi connectivity index (χ4v) is 4.13. The van der Waals surface area contributed by atoms with Gasteiger partial charge in [-0.25, -0.2) is 0 Å². The number of hydrogen-bond donors (Lipinski definition) is 1. The zero-order valence-electron chi connectivity index (χ0n) is 10.7. The van der Waals surface area contributed by atoms with E-state index in [9.17, 15) is 0 Å². The molecule has 5 atom stereocenters. The molecule has 3 aliphatic carbocycles. The van der Waals surface area contributed by atoms with Gasteiger partial charge in [-0.1, -0.05) is 20.8 Å². The monoisotopic (exact) mass is 223 g/mol. The molecular formula is C12H22BNO2. The molecule has 4 heteroatoms. The van der Waals surface area contributed by atoms with Crippen molar-refractivity contribution in [1.82, 2.24) is 0 Å². The quantitative estimate of drug-likeness (QED) is 0.686. The Bertz CT molecular complexity index is 320. The molecule has 4 rings (SSSR count). The molecule has 90 valence electrons. The summed E-state index contributed by atoms with van der Waals surface area (Å²) in [5.74, 6) is 1.40. The summed E-state index contributed by atoms with van der Waals surface area (Å²) in [7, 11) is -0.204. The minimum Gasteiger partial charge on any atom is -0.404 e. The highest BCUT2D eigenvalue weighted by Crippen LogP contribution is 2.65. The number of hydrogen-bond acceptors (Lipinski definition) is 3. The molecule has 2 bridgehead atoms. The zero-order valence-corrected chi connectivity index (χ0v) is 10.7. The summed E-state index contributed by atoms with van der Waals surface area (Å²) in [6, 6.07) is 0. The Hall–Kier alpha value is -0.0551. The van der Waals surface area contributed by atoms with E-state index in [4.69, 9.17) is 15.0 Å². The fraction of sp³-hybridized carbons (Fsp3) is 1.00. The predicted octanol–water partition coefficient (Wildman–Crippen LogP) is 1.60. The first-order valence-electron chi connectivity index (χ1n) is 6.44. The van der Waals surface area contributed by atoms with Crippen LogP contribution in [0.5, 0.6) is 0 Å². The number of rotatable bonds is 1. The maximum Gasteiger partial charge on any atom is 0.475 e. The summed E-state index contributed by atoms with van der Waals surface area (Å²) in [5.41, 5.74) is 6.20. The van der Waals surface area contributed by atoms with Gasteiger partial charge in [0.05, 0.1) is 11.7 Å². The Labute approximate surface area is 98.2 Å². The van der Waals surface area contributed by atoms with Crippen LogP contribution in [0.25, 0.3) is 0 Å². The lowest BCUT2D eigenvalue weighted by atomic mass is 9.43. The summed E-state index contributed by atoms with van der Waals surface area (Å²) in [4.78, 5) is 0. The average molecular weight is 223 g/mol. The van der Waals surface area contributed by atoms with Gasteiger partial charge in [0.1, 0.15) is 0 Å².